The average molecular weight is 339 g/mol. The van der Waals surface area contributed by atoms with Crippen LogP contribution in [-0.2, 0) is 4.79 Å². The maximum absolute atomic E-state index is 12.3. The van der Waals surface area contributed by atoms with Crippen molar-refractivity contribution >= 4 is 23.2 Å². The molecule has 3 rings (SSSR count). The van der Waals surface area contributed by atoms with E-state index in [-0.39, 0.29) is 17.2 Å². The summed E-state index contributed by atoms with van der Waals surface area (Å²) >= 11 is 5.74. The summed E-state index contributed by atoms with van der Waals surface area (Å²) in [5.41, 5.74) is 2.04. The fraction of sp³-hybridized carbons (Fsp3) is 0.167. The highest BCUT2D eigenvalue weighted by Gasteiger charge is 2.23. The highest BCUT2D eigenvalue weighted by Crippen LogP contribution is 2.16. The van der Waals surface area contributed by atoms with E-state index in [4.69, 9.17) is 11.6 Å². The number of hydrogen-bond donors (Lipinski definition) is 1. The zero-order valence-corrected chi connectivity index (χ0v) is 13.8. The lowest BCUT2D eigenvalue weighted by Crippen LogP contribution is -2.36. The molecule has 120 valence electrons. The predicted molar refractivity (Wildman–Crippen MR) is 93.4 cm³/mol. The maximum Gasteiger partial charge on any atom is 0.247 e. The van der Waals surface area contributed by atoms with Crippen molar-refractivity contribution in [3.05, 3.63) is 65.3 Å². The summed E-state index contributed by atoms with van der Waals surface area (Å²) in [7, 11) is 1.89. The molecule has 1 atom stereocenters. The van der Waals surface area contributed by atoms with Gasteiger partial charge in [-0.1, -0.05) is 18.1 Å². The van der Waals surface area contributed by atoms with Gasteiger partial charge in [0.2, 0.25) is 11.2 Å². The lowest BCUT2D eigenvalue weighted by atomic mass is 10.1. The third kappa shape index (κ3) is 3.92. The molecule has 1 aliphatic heterocycles. The number of aromatic nitrogens is 2. The van der Waals surface area contributed by atoms with Crippen molar-refractivity contribution < 1.29 is 4.79 Å². The average Bonchev–Trinajstić information content (AvgIpc) is 3.00. The minimum Gasteiger partial charge on any atom is -0.369 e. The van der Waals surface area contributed by atoms with Crippen molar-refractivity contribution in [1.82, 2.24) is 14.9 Å². The SMILES string of the molecule is CN1C=CCC1C(=O)Nc1cccc(C#Cc2ccnc(Cl)n2)c1. The van der Waals surface area contributed by atoms with Gasteiger partial charge in [-0.3, -0.25) is 4.79 Å². The van der Waals surface area contributed by atoms with E-state index in [1.807, 2.05) is 48.5 Å². The number of nitrogens with zero attached hydrogens (tertiary/aromatic N) is 3. The largest absolute Gasteiger partial charge is 0.369 e. The first kappa shape index (κ1) is 16.0. The van der Waals surface area contributed by atoms with Crippen LogP contribution in [0.15, 0.2) is 48.8 Å². The number of benzene rings is 1. The van der Waals surface area contributed by atoms with Crippen LogP contribution < -0.4 is 5.32 Å². The van der Waals surface area contributed by atoms with Crippen molar-refractivity contribution in [1.29, 1.82) is 0 Å². The Morgan fingerprint density at radius 1 is 1.38 bits per heavy atom. The number of anilines is 1. The topological polar surface area (TPSA) is 58.1 Å². The van der Waals surface area contributed by atoms with E-state index in [1.54, 1.807) is 12.3 Å². The summed E-state index contributed by atoms with van der Waals surface area (Å²) in [4.78, 5) is 22.0. The smallest absolute Gasteiger partial charge is 0.247 e. The van der Waals surface area contributed by atoms with E-state index in [0.717, 1.165) is 12.0 Å². The van der Waals surface area contributed by atoms with Gasteiger partial charge in [-0.05, 0) is 54.4 Å². The molecule has 0 fully saturated rings. The third-order valence-electron chi connectivity index (χ3n) is 3.59. The summed E-state index contributed by atoms with van der Waals surface area (Å²) < 4.78 is 0. The normalized spacial score (nSPS) is 15.8. The van der Waals surface area contributed by atoms with Crippen LogP contribution in [0.25, 0.3) is 0 Å². The molecule has 0 spiro atoms. The van der Waals surface area contributed by atoms with Crippen LogP contribution in [-0.4, -0.2) is 33.9 Å². The third-order valence-corrected chi connectivity index (χ3v) is 3.77. The molecular weight excluding hydrogens is 324 g/mol. The Morgan fingerprint density at radius 2 is 2.25 bits per heavy atom. The van der Waals surface area contributed by atoms with Gasteiger partial charge in [0.1, 0.15) is 11.7 Å². The van der Waals surface area contributed by atoms with E-state index in [0.29, 0.717) is 11.4 Å². The highest BCUT2D eigenvalue weighted by atomic mass is 35.5. The Morgan fingerprint density at radius 3 is 3.00 bits per heavy atom. The number of carbonyl (C=O) groups is 1. The Bertz CT molecular complexity index is 853. The van der Waals surface area contributed by atoms with Gasteiger partial charge >= 0.3 is 0 Å². The predicted octanol–water partition coefficient (Wildman–Crippen LogP) is 2.69. The maximum atomic E-state index is 12.3. The second-order valence-electron chi connectivity index (χ2n) is 5.33. The first-order valence-corrected chi connectivity index (χ1v) is 7.80. The molecule has 1 unspecified atom stereocenters. The van der Waals surface area contributed by atoms with Gasteiger partial charge in [0.15, 0.2) is 0 Å². The van der Waals surface area contributed by atoms with Gasteiger partial charge in [-0.25, -0.2) is 9.97 Å². The lowest BCUT2D eigenvalue weighted by Gasteiger charge is -2.19. The van der Waals surface area contributed by atoms with E-state index in [1.165, 1.54) is 0 Å². The molecule has 1 amide bonds. The van der Waals surface area contributed by atoms with E-state index in [9.17, 15) is 4.79 Å². The Kier molecular flexibility index (Phi) is 4.78. The van der Waals surface area contributed by atoms with Crippen LogP contribution in [0.4, 0.5) is 5.69 Å². The standard InChI is InChI=1S/C18H15ClN4O/c1-23-11-3-6-16(23)17(24)21-15-5-2-4-13(12-15)7-8-14-9-10-20-18(19)22-14/h2-5,9-12,16H,6H2,1H3,(H,21,24). The second-order valence-corrected chi connectivity index (χ2v) is 5.67. The summed E-state index contributed by atoms with van der Waals surface area (Å²) in [6, 6.07) is 8.91. The van der Waals surface area contributed by atoms with Crippen molar-refractivity contribution in [3.8, 4) is 11.8 Å². The van der Waals surface area contributed by atoms with Crippen LogP contribution in [0, 0.1) is 11.8 Å². The van der Waals surface area contributed by atoms with Crippen molar-refractivity contribution in [2.75, 3.05) is 12.4 Å². The first-order valence-electron chi connectivity index (χ1n) is 7.42. The fourth-order valence-corrected chi connectivity index (χ4v) is 2.51. The van der Waals surface area contributed by atoms with Crippen molar-refractivity contribution in [3.63, 3.8) is 0 Å². The summed E-state index contributed by atoms with van der Waals surface area (Å²) in [5, 5.41) is 3.09. The zero-order valence-electron chi connectivity index (χ0n) is 13.0. The number of halogens is 1. The molecule has 5 nitrogen and oxygen atoms in total. The molecule has 0 radical (unpaired) electrons. The highest BCUT2D eigenvalue weighted by molar-refractivity contribution is 6.28. The molecule has 0 saturated heterocycles. The quantitative estimate of drug-likeness (QED) is 0.675. The summed E-state index contributed by atoms with van der Waals surface area (Å²) in [6.07, 6.45) is 6.18. The molecule has 2 aromatic rings. The van der Waals surface area contributed by atoms with Crippen LogP contribution in [0.1, 0.15) is 17.7 Å². The lowest BCUT2D eigenvalue weighted by molar-refractivity contribution is -0.119. The molecule has 0 bridgehead atoms. The van der Waals surface area contributed by atoms with Crippen LogP contribution >= 0.6 is 11.6 Å². The molecule has 1 N–H and O–H groups in total. The minimum atomic E-state index is -0.164. The Hall–Kier alpha value is -2.84. The second kappa shape index (κ2) is 7.16. The molecule has 24 heavy (non-hydrogen) atoms. The van der Waals surface area contributed by atoms with Crippen molar-refractivity contribution in [2.24, 2.45) is 0 Å². The van der Waals surface area contributed by atoms with Gasteiger partial charge in [-0.15, -0.1) is 0 Å². The number of carbonyl (C=O) groups excluding carboxylic acids is 1. The Balaban J connectivity index is 1.72. The van der Waals surface area contributed by atoms with E-state index < -0.39 is 0 Å². The van der Waals surface area contributed by atoms with Crippen LogP contribution in [0.2, 0.25) is 5.28 Å². The molecular formula is C18H15ClN4O. The molecule has 0 aliphatic carbocycles. The van der Waals surface area contributed by atoms with Gasteiger partial charge in [0, 0.05) is 24.5 Å². The Labute approximate surface area is 145 Å². The molecule has 2 heterocycles. The van der Waals surface area contributed by atoms with Crippen molar-refractivity contribution in [2.45, 2.75) is 12.5 Å². The fourth-order valence-electron chi connectivity index (χ4n) is 2.36. The molecule has 1 aromatic carbocycles. The first-order chi connectivity index (χ1) is 11.6. The number of likely N-dealkylation sites (N-methyl/N-ethyl adjacent to an activating group) is 1. The van der Waals surface area contributed by atoms with Gasteiger partial charge in [-0.2, -0.15) is 0 Å². The minimum absolute atomic E-state index is 0.0322. The molecule has 1 aliphatic rings. The number of rotatable bonds is 2. The van der Waals surface area contributed by atoms with Gasteiger partial charge in [0.05, 0.1) is 0 Å². The van der Waals surface area contributed by atoms with Gasteiger partial charge < -0.3 is 10.2 Å². The molecule has 0 saturated carbocycles. The summed E-state index contributed by atoms with van der Waals surface area (Å²) in [6.45, 7) is 0. The van der Waals surface area contributed by atoms with Gasteiger partial charge in [0.25, 0.3) is 0 Å². The number of nitrogens with one attached hydrogen (secondary N) is 1. The number of hydrogen-bond acceptors (Lipinski definition) is 4. The van der Waals surface area contributed by atoms with Crippen LogP contribution in [0.3, 0.4) is 0 Å². The van der Waals surface area contributed by atoms with E-state index in [2.05, 4.69) is 27.1 Å². The summed E-state index contributed by atoms with van der Waals surface area (Å²) in [5.74, 6) is 5.90. The molecule has 1 aromatic heterocycles. The number of amides is 1. The monoisotopic (exact) mass is 338 g/mol. The van der Waals surface area contributed by atoms with Crippen LogP contribution in [0.5, 0.6) is 0 Å². The molecule has 6 heteroatoms. The van der Waals surface area contributed by atoms with E-state index >= 15 is 0 Å². The zero-order chi connectivity index (χ0) is 16.9.